The normalized spacial score (nSPS) is 10.4. The summed E-state index contributed by atoms with van der Waals surface area (Å²) < 4.78 is 0.931. The van der Waals surface area contributed by atoms with Gasteiger partial charge in [-0.15, -0.1) is 0 Å². The van der Waals surface area contributed by atoms with Gasteiger partial charge in [-0.2, -0.15) is 0 Å². The molecule has 2 aromatic carbocycles. The van der Waals surface area contributed by atoms with Crippen molar-refractivity contribution in [3.8, 4) is 0 Å². The number of rotatable bonds is 3. The monoisotopic (exact) mass is 320 g/mol. The molecule has 92 valence electrons. The third-order valence-electron chi connectivity index (χ3n) is 2.57. The Hall–Kier alpha value is -1.06. The molecule has 0 saturated carbocycles. The van der Waals surface area contributed by atoms with Gasteiger partial charge in [-0.25, -0.2) is 0 Å². The first-order valence-corrected chi connectivity index (χ1v) is 7.22. The van der Waals surface area contributed by atoms with Crippen molar-refractivity contribution >= 4 is 33.5 Å². The summed E-state index contributed by atoms with van der Waals surface area (Å²) in [7, 11) is 0. The molecule has 3 heteroatoms. The minimum absolute atomic E-state index is 0.0888. The van der Waals surface area contributed by atoms with Gasteiger partial charge in [-0.3, -0.25) is 4.79 Å². The van der Waals surface area contributed by atoms with Crippen LogP contribution in [0.1, 0.15) is 22.8 Å². The molecule has 0 amide bonds. The van der Waals surface area contributed by atoms with E-state index in [9.17, 15) is 4.79 Å². The first kappa shape index (κ1) is 13.4. The van der Waals surface area contributed by atoms with Gasteiger partial charge in [0.1, 0.15) is 0 Å². The zero-order chi connectivity index (χ0) is 13.1. The predicted octanol–water partition coefficient (Wildman–Crippen LogP) is 5.11. The quantitative estimate of drug-likeness (QED) is 0.731. The lowest BCUT2D eigenvalue weighted by molar-refractivity contribution is 0.101. The van der Waals surface area contributed by atoms with E-state index >= 15 is 0 Å². The zero-order valence-corrected chi connectivity index (χ0v) is 12.6. The molecule has 0 atom stereocenters. The van der Waals surface area contributed by atoms with Crippen LogP contribution in [0.2, 0.25) is 0 Å². The highest BCUT2D eigenvalue weighted by molar-refractivity contribution is 9.10. The Morgan fingerprint density at radius 3 is 2.39 bits per heavy atom. The van der Waals surface area contributed by atoms with E-state index < -0.39 is 0 Å². The van der Waals surface area contributed by atoms with Crippen LogP contribution in [0.3, 0.4) is 0 Å². The Labute approximate surface area is 120 Å². The Balaban J connectivity index is 2.34. The van der Waals surface area contributed by atoms with E-state index in [-0.39, 0.29) is 5.78 Å². The number of aryl methyl sites for hydroxylation is 1. The number of halogens is 1. The van der Waals surface area contributed by atoms with Gasteiger partial charge in [0.05, 0.1) is 0 Å². The van der Waals surface area contributed by atoms with Gasteiger partial charge in [0, 0.05) is 19.8 Å². The molecule has 0 fully saturated rings. The molecular formula is C15H13BrOS. The van der Waals surface area contributed by atoms with Gasteiger partial charge in [0.2, 0.25) is 0 Å². The minimum Gasteiger partial charge on any atom is -0.294 e. The first-order chi connectivity index (χ1) is 8.56. The second-order valence-electron chi connectivity index (χ2n) is 4.11. The minimum atomic E-state index is 0.0888. The van der Waals surface area contributed by atoms with Crippen LogP contribution in [0.25, 0.3) is 0 Å². The highest BCUT2D eigenvalue weighted by Gasteiger charge is 2.09. The lowest BCUT2D eigenvalue weighted by Crippen LogP contribution is -1.94. The summed E-state index contributed by atoms with van der Waals surface area (Å²) in [6, 6.07) is 14.1. The third kappa shape index (κ3) is 3.24. The van der Waals surface area contributed by atoms with Crippen LogP contribution in [0.15, 0.2) is 56.7 Å². The Morgan fingerprint density at radius 1 is 1.11 bits per heavy atom. The average Bonchev–Trinajstić information content (AvgIpc) is 2.34. The summed E-state index contributed by atoms with van der Waals surface area (Å²) in [4.78, 5) is 13.8. The number of benzene rings is 2. The molecule has 0 bridgehead atoms. The summed E-state index contributed by atoms with van der Waals surface area (Å²) in [5, 5.41) is 0. The van der Waals surface area contributed by atoms with Gasteiger partial charge >= 0.3 is 0 Å². The summed E-state index contributed by atoms with van der Waals surface area (Å²) in [6.45, 7) is 3.66. The van der Waals surface area contributed by atoms with Crippen molar-refractivity contribution in [1.29, 1.82) is 0 Å². The van der Waals surface area contributed by atoms with Gasteiger partial charge in [0.25, 0.3) is 0 Å². The maximum atomic E-state index is 11.6. The number of ketones is 1. The van der Waals surface area contributed by atoms with E-state index in [2.05, 4.69) is 47.1 Å². The third-order valence-corrected chi connectivity index (χ3v) is 4.15. The standard InChI is InChI=1S/C15H13BrOS/c1-10-3-6-13(7-4-10)18-15-8-5-12(16)9-14(15)11(2)17/h3-9H,1-2H3. The fraction of sp³-hybridized carbons (Fsp3) is 0.133. The van der Waals surface area contributed by atoms with Crippen molar-refractivity contribution in [2.24, 2.45) is 0 Å². The summed E-state index contributed by atoms with van der Waals surface area (Å²) in [6.07, 6.45) is 0. The highest BCUT2D eigenvalue weighted by atomic mass is 79.9. The van der Waals surface area contributed by atoms with E-state index in [1.54, 1.807) is 18.7 Å². The SMILES string of the molecule is CC(=O)c1cc(Br)ccc1Sc1ccc(C)cc1. The maximum absolute atomic E-state index is 11.6. The molecule has 0 aliphatic carbocycles. The zero-order valence-electron chi connectivity index (χ0n) is 10.2. The second-order valence-corrected chi connectivity index (χ2v) is 6.14. The van der Waals surface area contributed by atoms with E-state index in [0.29, 0.717) is 0 Å². The van der Waals surface area contributed by atoms with E-state index in [0.717, 1.165) is 19.8 Å². The van der Waals surface area contributed by atoms with E-state index in [1.165, 1.54) is 5.56 Å². The largest absolute Gasteiger partial charge is 0.294 e. The molecule has 0 radical (unpaired) electrons. The van der Waals surface area contributed by atoms with E-state index in [4.69, 9.17) is 0 Å². The van der Waals surface area contributed by atoms with Crippen molar-refractivity contribution < 1.29 is 4.79 Å². The number of hydrogen-bond donors (Lipinski definition) is 0. The molecular weight excluding hydrogens is 308 g/mol. The number of hydrogen-bond acceptors (Lipinski definition) is 2. The second kappa shape index (κ2) is 5.72. The molecule has 0 aromatic heterocycles. The van der Waals surface area contributed by atoms with Crippen LogP contribution >= 0.6 is 27.7 Å². The summed E-state index contributed by atoms with van der Waals surface area (Å²) in [5.41, 5.74) is 2.00. The predicted molar refractivity (Wildman–Crippen MR) is 79.4 cm³/mol. The van der Waals surface area contributed by atoms with Crippen molar-refractivity contribution in [1.82, 2.24) is 0 Å². The molecule has 0 saturated heterocycles. The Kier molecular flexibility index (Phi) is 4.25. The topological polar surface area (TPSA) is 17.1 Å². The van der Waals surface area contributed by atoms with Crippen LogP contribution in [0.4, 0.5) is 0 Å². The molecule has 2 rings (SSSR count). The van der Waals surface area contributed by atoms with Crippen molar-refractivity contribution in [2.75, 3.05) is 0 Å². The highest BCUT2D eigenvalue weighted by Crippen LogP contribution is 2.32. The van der Waals surface area contributed by atoms with Gasteiger partial charge in [-0.1, -0.05) is 45.4 Å². The molecule has 0 N–H and O–H groups in total. The van der Waals surface area contributed by atoms with Crippen LogP contribution in [0, 0.1) is 6.92 Å². The van der Waals surface area contributed by atoms with Crippen molar-refractivity contribution in [2.45, 2.75) is 23.6 Å². The molecule has 0 aliphatic rings. The Morgan fingerprint density at radius 2 is 1.78 bits per heavy atom. The average molecular weight is 321 g/mol. The fourth-order valence-electron chi connectivity index (χ4n) is 1.60. The summed E-state index contributed by atoms with van der Waals surface area (Å²) in [5.74, 6) is 0.0888. The van der Waals surface area contributed by atoms with Crippen LogP contribution in [0.5, 0.6) is 0 Å². The molecule has 0 unspecified atom stereocenters. The molecule has 2 aromatic rings. The Bertz CT molecular complexity index is 576. The lowest BCUT2D eigenvalue weighted by Gasteiger charge is -2.07. The molecule has 0 aliphatic heterocycles. The fourth-order valence-corrected chi connectivity index (χ4v) is 2.94. The van der Waals surface area contributed by atoms with Crippen molar-refractivity contribution in [3.63, 3.8) is 0 Å². The van der Waals surface area contributed by atoms with Gasteiger partial charge in [0.15, 0.2) is 5.78 Å². The summed E-state index contributed by atoms with van der Waals surface area (Å²) >= 11 is 5.02. The van der Waals surface area contributed by atoms with Crippen LogP contribution < -0.4 is 0 Å². The van der Waals surface area contributed by atoms with Crippen LogP contribution in [-0.2, 0) is 0 Å². The molecule has 18 heavy (non-hydrogen) atoms. The maximum Gasteiger partial charge on any atom is 0.160 e. The molecule has 0 heterocycles. The number of carbonyl (C=O) groups is 1. The number of carbonyl (C=O) groups excluding carboxylic acids is 1. The molecule has 0 spiro atoms. The first-order valence-electron chi connectivity index (χ1n) is 5.61. The lowest BCUT2D eigenvalue weighted by atomic mass is 10.1. The van der Waals surface area contributed by atoms with Crippen LogP contribution in [-0.4, -0.2) is 5.78 Å². The van der Waals surface area contributed by atoms with Crippen molar-refractivity contribution in [3.05, 3.63) is 58.1 Å². The smallest absolute Gasteiger partial charge is 0.160 e. The molecule has 1 nitrogen and oxygen atoms in total. The number of Topliss-reactive ketones (excluding diaryl/α,β-unsaturated/α-hetero) is 1. The van der Waals surface area contributed by atoms with E-state index in [1.807, 2.05) is 18.2 Å². The van der Waals surface area contributed by atoms with Gasteiger partial charge < -0.3 is 0 Å². The van der Waals surface area contributed by atoms with Gasteiger partial charge in [-0.05, 0) is 44.2 Å².